The van der Waals surface area contributed by atoms with Crippen molar-refractivity contribution in [3.63, 3.8) is 0 Å². The fourth-order valence-electron chi connectivity index (χ4n) is 2.36. The van der Waals surface area contributed by atoms with Gasteiger partial charge in [-0.2, -0.15) is 0 Å². The normalized spacial score (nSPS) is 20.8. The van der Waals surface area contributed by atoms with E-state index in [0.29, 0.717) is 5.88 Å². The molecule has 1 unspecified atom stereocenters. The van der Waals surface area contributed by atoms with Crippen LogP contribution in [0.2, 0.25) is 0 Å². The molecule has 2 heteroatoms. The van der Waals surface area contributed by atoms with Crippen molar-refractivity contribution in [2.45, 2.75) is 26.1 Å². The van der Waals surface area contributed by atoms with Gasteiger partial charge in [0.25, 0.3) is 0 Å². The summed E-state index contributed by atoms with van der Waals surface area (Å²) in [5.41, 5.74) is 2.54. The molecule has 0 aromatic heterocycles. The Balaban J connectivity index is 2.03. The SMILES string of the molecule is CC(C)C1CCN(c2ccc(CCl)cc2)C1. The lowest BCUT2D eigenvalue weighted by atomic mass is 9.95. The molecule has 1 aromatic rings. The fraction of sp³-hybridized carbons (Fsp3) is 0.571. The molecule has 0 saturated carbocycles. The number of hydrogen-bond acceptors (Lipinski definition) is 1. The van der Waals surface area contributed by atoms with E-state index in [1.54, 1.807) is 0 Å². The lowest BCUT2D eigenvalue weighted by Gasteiger charge is -2.20. The number of benzene rings is 1. The Bertz CT molecular complexity index is 331. The molecule has 0 N–H and O–H groups in total. The van der Waals surface area contributed by atoms with E-state index in [1.807, 2.05) is 0 Å². The van der Waals surface area contributed by atoms with Crippen LogP contribution in [0.1, 0.15) is 25.8 Å². The second-order valence-corrected chi connectivity index (χ2v) is 5.31. The maximum atomic E-state index is 5.79. The quantitative estimate of drug-likeness (QED) is 0.721. The Labute approximate surface area is 103 Å². The molecule has 1 saturated heterocycles. The van der Waals surface area contributed by atoms with Crippen LogP contribution in [0.3, 0.4) is 0 Å². The summed E-state index contributed by atoms with van der Waals surface area (Å²) in [4.78, 5) is 2.49. The maximum Gasteiger partial charge on any atom is 0.0474 e. The molecule has 88 valence electrons. The first-order valence-corrected chi connectivity index (χ1v) is 6.64. The van der Waals surface area contributed by atoms with E-state index < -0.39 is 0 Å². The van der Waals surface area contributed by atoms with Crippen molar-refractivity contribution in [2.24, 2.45) is 11.8 Å². The van der Waals surface area contributed by atoms with Gasteiger partial charge in [0.1, 0.15) is 0 Å². The van der Waals surface area contributed by atoms with Crippen LogP contribution in [-0.2, 0) is 5.88 Å². The molecule has 2 rings (SSSR count). The van der Waals surface area contributed by atoms with E-state index in [2.05, 4.69) is 43.0 Å². The van der Waals surface area contributed by atoms with Crippen LogP contribution in [0.15, 0.2) is 24.3 Å². The molecule has 0 bridgehead atoms. The maximum absolute atomic E-state index is 5.79. The van der Waals surface area contributed by atoms with E-state index in [4.69, 9.17) is 11.6 Å². The van der Waals surface area contributed by atoms with E-state index >= 15 is 0 Å². The number of hydrogen-bond donors (Lipinski definition) is 0. The molecule has 0 aliphatic carbocycles. The van der Waals surface area contributed by atoms with Crippen LogP contribution in [0, 0.1) is 11.8 Å². The predicted octanol–water partition coefficient (Wildman–Crippen LogP) is 3.91. The molecule has 1 nitrogen and oxygen atoms in total. The summed E-state index contributed by atoms with van der Waals surface area (Å²) in [6, 6.07) is 8.65. The first kappa shape index (κ1) is 11.8. The molecule has 0 amide bonds. The van der Waals surface area contributed by atoms with E-state index in [1.165, 1.54) is 30.8 Å². The minimum Gasteiger partial charge on any atom is -0.371 e. The van der Waals surface area contributed by atoms with Crippen LogP contribution in [0.5, 0.6) is 0 Å². The number of nitrogens with zero attached hydrogens (tertiary/aromatic N) is 1. The number of rotatable bonds is 3. The second kappa shape index (κ2) is 5.09. The number of anilines is 1. The molecule has 1 aromatic carbocycles. The van der Waals surface area contributed by atoms with Gasteiger partial charge in [-0.15, -0.1) is 11.6 Å². The molecule has 1 aliphatic rings. The first-order valence-electron chi connectivity index (χ1n) is 6.10. The average molecular weight is 238 g/mol. The second-order valence-electron chi connectivity index (χ2n) is 5.04. The fourth-order valence-corrected chi connectivity index (χ4v) is 2.54. The largest absolute Gasteiger partial charge is 0.371 e. The van der Waals surface area contributed by atoms with Crippen molar-refractivity contribution < 1.29 is 0 Å². The first-order chi connectivity index (χ1) is 7.70. The van der Waals surface area contributed by atoms with Crippen molar-refractivity contribution in [3.05, 3.63) is 29.8 Å². The standard InChI is InChI=1S/C14H20ClN/c1-11(2)13-7-8-16(10-13)14-5-3-12(9-15)4-6-14/h3-6,11,13H,7-10H2,1-2H3. The molecule has 0 radical (unpaired) electrons. The topological polar surface area (TPSA) is 3.24 Å². The molecule has 1 heterocycles. The molecule has 1 fully saturated rings. The molecule has 1 aliphatic heterocycles. The van der Waals surface area contributed by atoms with Gasteiger partial charge in [-0.05, 0) is 36.0 Å². The van der Waals surface area contributed by atoms with Gasteiger partial charge >= 0.3 is 0 Å². The third-order valence-electron chi connectivity index (χ3n) is 3.62. The van der Waals surface area contributed by atoms with Gasteiger partial charge in [-0.25, -0.2) is 0 Å². The average Bonchev–Trinajstić information content (AvgIpc) is 2.78. The van der Waals surface area contributed by atoms with Crippen molar-refractivity contribution in [1.29, 1.82) is 0 Å². The summed E-state index contributed by atoms with van der Waals surface area (Å²) in [7, 11) is 0. The third-order valence-corrected chi connectivity index (χ3v) is 3.93. The lowest BCUT2D eigenvalue weighted by Crippen LogP contribution is -2.20. The van der Waals surface area contributed by atoms with Gasteiger partial charge in [0.05, 0.1) is 0 Å². The smallest absolute Gasteiger partial charge is 0.0474 e. The predicted molar refractivity (Wildman–Crippen MR) is 71.2 cm³/mol. The molecular formula is C14H20ClN. The molecule has 1 atom stereocenters. The van der Waals surface area contributed by atoms with Gasteiger partial charge < -0.3 is 4.90 Å². The minimum atomic E-state index is 0.606. The Morgan fingerprint density at radius 3 is 2.50 bits per heavy atom. The highest BCUT2D eigenvalue weighted by Crippen LogP contribution is 2.28. The van der Waals surface area contributed by atoms with Crippen LogP contribution in [0.4, 0.5) is 5.69 Å². The van der Waals surface area contributed by atoms with Gasteiger partial charge in [-0.3, -0.25) is 0 Å². The Kier molecular flexibility index (Phi) is 3.75. The van der Waals surface area contributed by atoms with E-state index in [0.717, 1.165) is 11.8 Å². The summed E-state index contributed by atoms with van der Waals surface area (Å²) in [5, 5.41) is 0. The van der Waals surface area contributed by atoms with Gasteiger partial charge in [0.2, 0.25) is 0 Å². The van der Waals surface area contributed by atoms with Crippen LogP contribution in [0.25, 0.3) is 0 Å². The number of alkyl halides is 1. The van der Waals surface area contributed by atoms with Gasteiger partial charge in [0.15, 0.2) is 0 Å². The van der Waals surface area contributed by atoms with Crippen LogP contribution >= 0.6 is 11.6 Å². The Morgan fingerprint density at radius 1 is 1.31 bits per heavy atom. The van der Waals surface area contributed by atoms with E-state index in [-0.39, 0.29) is 0 Å². The van der Waals surface area contributed by atoms with Gasteiger partial charge in [-0.1, -0.05) is 26.0 Å². The van der Waals surface area contributed by atoms with Crippen LogP contribution < -0.4 is 4.90 Å². The monoisotopic (exact) mass is 237 g/mol. The van der Waals surface area contributed by atoms with Gasteiger partial charge in [0, 0.05) is 24.7 Å². The van der Waals surface area contributed by atoms with Crippen molar-refractivity contribution in [1.82, 2.24) is 0 Å². The number of halogens is 1. The molecule has 0 spiro atoms. The summed E-state index contributed by atoms with van der Waals surface area (Å²) in [6.07, 6.45) is 1.33. The minimum absolute atomic E-state index is 0.606. The Morgan fingerprint density at radius 2 is 2.00 bits per heavy atom. The zero-order valence-corrected chi connectivity index (χ0v) is 10.9. The van der Waals surface area contributed by atoms with Crippen molar-refractivity contribution >= 4 is 17.3 Å². The van der Waals surface area contributed by atoms with Crippen LogP contribution in [-0.4, -0.2) is 13.1 Å². The molecular weight excluding hydrogens is 218 g/mol. The Hall–Kier alpha value is -0.690. The zero-order chi connectivity index (χ0) is 11.5. The summed E-state index contributed by atoms with van der Waals surface area (Å²) in [6.45, 7) is 7.05. The van der Waals surface area contributed by atoms with Crippen molar-refractivity contribution in [2.75, 3.05) is 18.0 Å². The summed E-state index contributed by atoms with van der Waals surface area (Å²) < 4.78 is 0. The highest BCUT2D eigenvalue weighted by molar-refractivity contribution is 6.17. The summed E-state index contributed by atoms with van der Waals surface area (Å²) >= 11 is 5.79. The third kappa shape index (κ3) is 2.52. The molecule has 16 heavy (non-hydrogen) atoms. The van der Waals surface area contributed by atoms with Crippen molar-refractivity contribution in [3.8, 4) is 0 Å². The van der Waals surface area contributed by atoms with E-state index in [9.17, 15) is 0 Å². The lowest BCUT2D eigenvalue weighted by molar-refractivity contribution is 0.423. The highest BCUT2D eigenvalue weighted by Gasteiger charge is 2.24. The highest BCUT2D eigenvalue weighted by atomic mass is 35.5. The zero-order valence-electron chi connectivity index (χ0n) is 10.1. The summed E-state index contributed by atoms with van der Waals surface area (Å²) in [5.74, 6) is 2.26.